The number of hydrogen-bond acceptors (Lipinski definition) is 1. The molecule has 0 fully saturated rings. The van der Waals surface area contributed by atoms with Crippen molar-refractivity contribution in [3.05, 3.63) is 0 Å². The van der Waals surface area contributed by atoms with E-state index in [-0.39, 0.29) is 0 Å². The highest BCUT2D eigenvalue weighted by Gasteiger charge is 1.93. The van der Waals surface area contributed by atoms with Gasteiger partial charge in [0, 0.05) is 6.54 Å². The van der Waals surface area contributed by atoms with Crippen molar-refractivity contribution < 1.29 is 0 Å². The highest BCUT2D eigenvalue weighted by molar-refractivity contribution is 7.78. The second kappa shape index (κ2) is 17.3. The van der Waals surface area contributed by atoms with Crippen LogP contribution in [0.25, 0.3) is 0 Å². The molecule has 0 rings (SSSR count). The van der Waals surface area contributed by atoms with Gasteiger partial charge in [0.2, 0.25) is 0 Å². The van der Waals surface area contributed by atoms with Gasteiger partial charge in [-0.3, -0.25) is 0 Å². The monoisotopic (exact) mass is 272 g/mol. The third-order valence-electron chi connectivity index (χ3n) is 3.61. The minimum absolute atomic E-state index is 0.932. The van der Waals surface area contributed by atoms with Crippen molar-refractivity contribution in [3.63, 3.8) is 0 Å². The zero-order valence-electron chi connectivity index (χ0n) is 12.5. The third-order valence-corrected chi connectivity index (χ3v) is 3.81. The van der Waals surface area contributed by atoms with E-state index in [0.717, 1.165) is 6.54 Å². The predicted octanol–water partition coefficient (Wildman–Crippen LogP) is 5.92. The van der Waals surface area contributed by atoms with Gasteiger partial charge in [0.25, 0.3) is 0 Å². The van der Waals surface area contributed by atoms with E-state index >= 15 is 0 Å². The van der Waals surface area contributed by atoms with Crippen LogP contribution in [0.15, 0.2) is 0 Å². The van der Waals surface area contributed by atoms with E-state index < -0.39 is 0 Å². The molecule has 0 bridgehead atoms. The Hall–Kier alpha value is 0.310. The van der Waals surface area contributed by atoms with Crippen LogP contribution >= 0.6 is 12.8 Å². The van der Waals surface area contributed by atoms with E-state index in [0.29, 0.717) is 0 Å². The van der Waals surface area contributed by atoms with Crippen molar-refractivity contribution in [3.8, 4) is 0 Å². The Balaban J connectivity index is 2.86. The van der Waals surface area contributed by atoms with E-state index in [4.69, 9.17) is 0 Å². The topological polar surface area (TPSA) is 14.1 Å². The van der Waals surface area contributed by atoms with Crippen LogP contribution in [-0.2, 0) is 0 Å². The van der Waals surface area contributed by atoms with Gasteiger partial charge in [-0.2, -0.15) is 4.72 Å². The summed E-state index contributed by atoms with van der Waals surface area (Å²) in [6, 6.07) is 0. The minimum Gasteiger partial charge on any atom is -0.179 e. The lowest BCUT2D eigenvalue weighted by Gasteiger charge is -2.02. The third kappa shape index (κ3) is 16.3. The summed E-state index contributed by atoms with van der Waals surface area (Å²) in [5.74, 6) is 0. The molecule has 0 heterocycles. The number of hydrogen-bond donors (Lipinski definition) is 1. The lowest BCUT2D eigenvalue weighted by molar-refractivity contribution is 0.535. The van der Waals surface area contributed by atoms with Crippen LogP contribution in [0, 0.1) is 0 Å². The van der Waals surface area contributed by atoms with E-state index in [2.05, 4.69) is 24.5 Å². The highest BCUT2D eigenvalue weighted by Crippen LogP contribution is 2.12. The zero-order valence-corrected chi connectivity index (χ0v) is 13.4. The summed E-state index contributed by atoms with van der Waals surface area (Å²) < 4.78 is 3.82. The largest absolute Gasteiger partial charge is 0.179 e. The molecule has 18 heavy (non-hydrogen) atoms. The molecule has 0 N–H and O–H groups in total. The number of rotatable bonds is 15. The maximum Gasteiger partial charge on any atom is 0.0253 e. The van der Waals surface area contributed by atoms with Gasteiger partial charge >= 0.3 is 0 Å². The van der Waals surface area contributed by atoms with Gasteiger partial charge in [-0.15, -0.1) is 0 Å². The Bertz CT molecular complexity index is 123. The van der Waals surface area contributed by atoms with Crippen LogP contribution in [0.3, 0.4) is 0 Å². The van der Waals surface area contributed by atoms with Crippen LogP contribution in [0.1, 0.15) is 96.8 Å². The Morgan fingerprint density at radius 3 is 1.22 bits per heavy atom. The first-order valence-electron chi connectivity index (χ1n) is 8.22. The maximum absolute atomic E-state index is 3.86. The van der Waals surface area contributed by atoms with Gasteiger partial charge in [-0.1, -0.05) is 103 Å². The summed E-state index contributed by atoms with van der Waals surface area (Å²) >= 11 is 3.86. The molecule has 0 spiro atoms. The predicted molar refractivity (Wildman–Crippen MR) is 86.3 cm³/mol. The fraction of sp³-hybridized carbons (Fsp3) is 1.00. The summed E-state index contributed by atoms with van der Waals surface area (Å²) in [4.78, 5) is 0. The molecular formula is C16H34NS. The van der Waals surface area contributed by atoms with Crippen molar-refractivity contribution >= 4 is 12.8 Å². The van der Waals surface area contributed by atoms with Crippen LogP contribution in [0.5, 0.6) is 0 Å². The number of nitrogens with zero attached hydrogens (tertiary/aromatic N) is 1. The van der Waals surface area contributed by atoms with Crippen molar-refractivity contribution in [2.24, 2.45) is 0 Å². The molecule has 0 aromatic carbocycles. The van der Waals surface area contributed by atoms with Crippen molar-refractivity contribution in [2.75, 3.05) is 6.54 Å². The standard InChI is InChI=1S/C16H34NS/c1-2-3-4-5-6-7-8-9-10-11-12-13-14-15-16-17-18/h18H,2-16H2,1H3. The summed E-state index contributed by atoms with van der Waals surface area (Å²) in [5, 5.41) is 0. The number of unbranched alkanes of at least 4 members (excludes halogenated alkanes) is 13. The van der Waals surface area contributed by atoms with Crippen molar-refractivity contribution in [1.82, 2.24) is 4.72 Å². The lowest BCUT2D eigenvalue weighted by atomic mass is 10.0. The van der Waals surface area contributed by atoms with E-state index in [1.165, 1.54) is 89.9 Å². The molecule has 0 aliphatic rings. The molecular weight excluding hydrogens is 238 g/mol. The van der Waals surface area contributed by atoms with E-state index in [9.17, 15) is 0 Å². The molecule has 2 heteroatoms. The quantitative estimate of drug-likeness (QED) is 0.281. The van der Waals surface area contributed by atoms with Crippen molar-refractivity contribution in [1.29, 1.82) is 0 Å². The molecule has 0 saturated heterocycles. The second-order valence-corrected chi connectivity index (χ2v) is 5.74. The Morgan fingerprint density at radius 2 is 0.889 bits per heavy atom. The molecule has 0 aromatic rings. The molecule has 0 amide bonds. The van der Waals surface area contributed by atoms with Crippen LogP contribution < -0.4 is 4.72 Å². The molecule has 0 aliphatic heterocycles. The first-order chi connectivity index (χ1) is 8.91. The average molecular weight is 273 g/mol. The Kier molecular flexibility index (Phi) is 17.6. The molecule has 109 valence electrons. The highest BCUT2D eigenvalue weighted by atomic mass is 32.1. The molecule has 1 radical (unpaired) electrons. The van der Waals surface area contributed by atoms with Crippen molar-refractivity contribution in [2.45, 2.75) is 96.8 Å². The summed E-state index contributed by atoms with van der Waals surface area (Å²) in [7, 11) is 0. The maximum atomic E-state index is 3.86. The lowest BCUT2D eigenvalue weighted by Crippen LogP contribution is -1.92. The minimum atomic E-state index is 0.932. The Labute approximate surface area is 121 Å². The first-order valence-corrected chi connectivity index (χ1v) is 8.62. The van der Waals surface area contributed by atoms with Gasteiger partial charge < -0.3 is 0 Å². The van der Waals surface area contributed by atoms with Gasteiger partial charge in [0.1, 0.15) is 0 Å². The first kappa shape index (κ1) is 18.3. The van der Waals surface area contributed by atoms with Gasteiger partial charge in [0.15, 0.2) is 0 Å². The summed E-state index contributed by atoms with van der Waals surface area (Å²) in [6.07, 6.45) is 19.8. The van der Waals surface area contributed by atoms with Crippen LogP contribution in [0.2, 0.25) is 0 Å². The van der Waals surface area contributed by atoms with Gasteiger partial charge in [0.05, 0.1) is 0 Å². The fourth-order valence-corrected chi connectivity index (χ4v) is 2.52. The number of thiol groups is 1. The van der Waals surface area contributed by atoms with Gasteiger partial charge in [-0.05, 0) is 6.42 Å². The van der Waals surface area contributed by atoms with Crippen LogP contribution in [-0.4, -0.2) is 6.54 Å². The summed E-state index contributed by atoms with van der Waals surface area (Å²) in [5.41, 5.74) is 0. The fourth-order valence-electron chi connectivity index (χ4n) is 2.38. The molecule has 0 saturated carbocycles. The SMILES string of the molecule is CCCCCCCCCCCCCCCC[N]S. The molecule has 0 unspecified atom stereocenters. The molecule has 0 aromatic heterocycles. The smallest absolute Gasteiger partial charge is 0.0253 e. The van der Waals surface area contributed by atoms with E-state index in [1.807, 2.05) is 0 Å². The second-order valence-electron chi connectivity index (χ2n) is 5.46. The van der Waals surface area contributed by atoms with Crippen LogP contribution in [0.4, 0.5) is 0 Å². The molecule has 1 nitrogen and oxygen atoms in total. The Morgan fingerprint density at radius 1 is 0.556 bits per heavy atom. The van der Waals surface area contributed by atoms with Gasteiger partial charge in [-0.25, -0.2) is 0 Å². The normalized spacial score (nSPS) is 11.0. The summed E-state index contributed by atoms with van der Waals surface area (Å²) in [6.45, 7) is 3.22. The van der Waals surface area contributed by atoms with E-state index in [1.54, 1.807) is 0 Å². The average Bonchev–Trinajstić information content (AvgIpc) is 2.39. The molecule has 0 atom stereocenters. The molecule has 0 aliphatic carbocycles. The zero-order chi connectivity index (χ0) is 13.3.